The number of nitrogens with one attached hydrogen (secondary N) is 2. The molecule has 2 amide bonds. The zero-order valence-corrected chi connectivity index (χ0v) is 16.3. The Hall–Kier alpha value is -3.14. The van der Waals surface area contributed by atoms with E-state index >= 15 is 0 Å². The van der Waals surface area contributed by atoms with E-state index in [0.29, 0.717) is 37.1 Å². The topological polar surface area (TPSA) is 99.8 Å². The van der Waals surface area contributed by atoms with Gasteiger partial charge < -0.3 is 10.6 Å². The molecule has 0 saturated heterocycles. The molecule has 146 valence electrons. The lowest BCUT2D eigenvalue weighted by Gasteiger charge is -2.11. The molecule has 0 aliphatic heterocycles. The molecule has 0 atom stereocenters. The van der Waals surface area contributed by atoms with Gasteiger partial charge in [-0.15, -0.1) is 0 Å². The number of aryl methyl sites for hydroxylation is 2. The van der Waals surface area contributed by atoms with Gasteiger partial charge in [-0.1, -0.05) is 12.1 Å². The molecule has 1 fully saturated rings. The number of hydrogen-bond donors (Lipinski definition) is 2. The average Bonchev–Trinajstić information content (AvgIpc) is 3.44. The van der Waals surface area contributed by atoms with Gasteiger partial charge in [0.25, 0.3) is 5.91 Å². The number of benzene rings is 1. The Labute approximate surface area is 164 Å². The van der Waals surface area contributed by atoms with Crippen molar-refractivity contribution in [3.05, 3.63) is 46.8 Å². The number of anilines is 1. The van der Waals surface area contributed by atoms with Crippen molar-refractivity contribution >= 4 is 17.5 Å². The third-order valence-corrected chi connectivity index (χ3v) is 4.93. The van der Waals surface area contributed by atoms with Crippen molar-refractivity contribution in [3.63, 3.8) is 0 Å². The van der Waals surface area contributed by atoms with E-state index < -0.39 is 0 Å². The quantitative estimate of drug-likeness (QED) is 0.736. The van der Waals surface area contributed by atoms with Crippen LogP contribution in [-0.2, 0) is 17.8 Å². The molecule has 1 aromatic heterocycles. The number of rotatable bonds is 8. The third kappa shape index (κ3) is 4.77. The summed E-state index contributed by atoms with van der Waals surface area (Å²) in [5.41, 5.74) is 3.92. The highest BCUT2D eigenvalue weighted by Crippen LogP contribution is 2.22. The second-order valence-corrected chi connectivity index (χ2v) is 7.12. The lowest BCUT2D eigenvalue weighted by Crippen LogP contribution is -2.27. The maximum Gasteiger partial charge on any atom is 0.253 e. The Morgan fingerprint density at radius 3 is 2.75 bits per heavy atom. The van der Waals surface area contributed by atoms with Gasteiger partial charge in [0.15, 0.2) is 0 Å². The Morgan fingerprint density at radius 1 is 1.29 bits per heavy atom. The van der Waals surface area contributed by atoms with Crippen molar-refractivity contribution in [3.8, 4) is 6.07 Å². The molecule has 1 aliphatic rings. The minimum absolute atomic E-state index is 0.143. The normalized spacial score (nSPS) is 13.0. The molecule has 28 heavy (non-hydrogen) atoms. The lowest BCUT2D eigenvalue weighted by molar-refractivity contribution is -0.116. The van der Waals surface area contributed by atoms with E-state index in [-0.39, 0.29) is 17.9 Å². The molecular formula is C21H25N5O2. The summed E-state index contributed by atoms with van der Waals surface area (Å²) < 4.78 is 1.82. The van der Waals surface area contributed by atoms with Crippen LogP contribution in [0.3, 0.4) is 0 Å². The smallest absolute Gasteiger partial charge is 0.253 e. The van der Waals surface area contributed by atoms with Crippen molar-refractivity contribution in [2.24, 2.45) is 0 Å². The van der Waals surface area contributed by atoms with E-state index in [1.54, 1.807) is 24.3 Å². The molecule has 2 aromatic rings. The molecular weight excluding hydrogens is 354 g/mol. The molecule has 0 unspecified atom stereocenters. The SMILES string of the molecule is Cc1nn(CCC#N)c(C)c1CCC(=O)Nc1ccccc1C(=O)NC1CC1. The summed E-state index contributed by atoms with van der Waals surface area (Å²) in [6.07, 6.45) is 3.29. The van der Waals surface area contributed by atoms with Crippen LogP contribution in [0.5, 0.6) is 0 Å². The van der Waals surface area contributed by atoms with Gasteiger partial charge in [-0.3, -0.25) is 14.3 Å². The lowest BCUT2D eigenvalue weighted by atomic mass is 10.1. The summed E-state index contributed by atoms with van der Waals surface area (Å²) in [6.45, 7) is 4.43. The predicted octanol–water partition coefficient (Wildman–Crippen LogP) is 2.88. The Bertz CT molecular complexity index is 921. The summed E-state index contributed by atoms with van der Waals surface area (Å²) in [7, 11) is 0. The van der Waals surface area contributed by atoms with Gasteiger partial charge >= 0.3 is 0 Å². The highest BCUT2D eigenvalue weighted by atomic mass is 16.2. The van der Waals surface area contributed by atoms with Crippen molar-refractivity contribution in [1.29, 1.82) is 5.26 Å². The fraction of sp³-hybridized carbons (Fsp3) is 0.429. The maximum atomic E-state index is 12.5. The first kappa shape index (κ1) is 19.6. The minimum atomic E-state index is -0.149. The second-order valence-electron chi connectivity index (χ2n) is 7.12. The fourth-order valence-corrected chi connectivity index (χ4v) is 3.20. The molecule has 1 heterocycles. The molecule has 1 aromatic carbocycles. The number of nitrogens with zero attached hydrogens (tertiary/aromatic N) is 3. The molecule has 0 radical (unpaired) electrons. The van der Waals surface area contributed by atoms with Crippen molar-refractivity contribution in [1.82, 2.24) is 15.1 Å². The fourth-order valence-electron chi connectivity index (χ4n) is 3.20. The Balaban J connectivity index is 1.62. The van der Waals surface area contributed by atoms with Crippen LogP contribution >= 0.6 is 0 Å². The van der Waals surface area contributed by atoms with Crippen LogP contribution in [0.4, 0.5) is 5.69 Å². The molecule has 2 N–H and O–H groups in total. The van der Waals surface area contributed by atoms with E-state index in [0.717, 1.165) is 29.8 Å². The number of para-hydroxylation sites is 1. The standard InChI is InChI=1S/C21H25N5O2/c1-14-17(15(2)26(25-14)13-5-12-22)10-11-20(27)24-19-7-4-3-6-18(19)21(28)23-16-8-9-16/h3-4,6-7,16H,5,8-11,13H2,1-2H3,(H,23,28)(H,24,27). The molecule has 7 nitrogen and oxygen atoms in total. The number of nitriles is 1. The number of carbonyl (C=O) groups excluding carboxylic acids is 2. The molecule has 3 rings (SSSR count). The summed E-state index contributed by atoms with van der Waals surface area (Å²) in [4.78, 5) is 24.8. The Morgan fingerprint density at radius 2 is 2.04 bits per heavy atom. The van der Waals surface area contributed by atoms with Crippen LogP contribution in [0.1, 0.15) is 53.0 Å². The van der Waals surface area contributed by atoms with Gasteiger partial charge in [0.1, 0.15) is 0 Å². The second kappa shape index (κ2) is 8.70. The monoisotopic (exact) mass is 379 g/mol. The zero-order valence-electron chi connectivity index (χ0n) is 16.3. The van der Waals surface area contributed by atoms with Gasteiger partial charge in [-0.25, -0.2) is 0 Å². The Kier molecular flexibility index (Phi) is 6.09. The van der Waals surface area contributed by atoms with Crippen molar-refractivity contribution in [2.45, 2.75) is 58.5 Å². The molecule has 1 aliphatic carbocycles. The minimum Gasteiger partial charge on any atom is -0.349 e. The highest BCUT2D eigenvalue weighted by molar-refractivity contribution is 6.03. The van der Waals surface area contributed by atoms with E-state index in [2.05, 4.69) is 21.8 Å². The maximum absolute atomic E-state index is 12.5. The van der Waals surface area contributed by atoms with E-state index in [9.17, 15) is 9.59 Å². The summed E-state index contributed by atoms with van der Waals surface area (Å²) in [6, 6.07) is 9.45. The van der Waals surface area contributed by atoms with Crippen LogP contribution in [0.15, 0.2) is 24.3 Å². The van der Waals surface area contributed by atoms with Crippen molar-refractivity contribution in [2.75, 3.05) is 5.32 Å². The van der Waals surface area contributed by atoms with Crippen LogP contribution in [0.25, 0.3) is 0 Å². The van der Waals surface area contributed by atoms with Gasteiger partial charge in [-0.05, 0) is 50.8 Å². The van der Waals surface area contributed by atoms with Crippen LogP contribution in [0, 0.1) is 25.2 Å². The van der Waals surface area contributed by atoms with E-state index in [1.807, 2.05) is 18.5 Å². The van der Waals surface area contributed by atoms with E-state index in [1.165, 1.54) is 0 Å². The van der Waals surface area contributed by atoms with Gasteiger partial charge in [-0.2, -0.15) is 10.4 Å². The first-order valence-electron chi connectivity index (χ1n) is 9.59. The number of hydrogen-bond acceptors (Lipinski definition) is 4. The first-order chi connectivity index (χ1) is 13.5. The summed E-state index contributed by atoms with van der Waals surface area (Å²) in [5.74, 6) is -0.292. The molecule has 0 spiro atoms. The van der Waals surface area contributed by atoms with Crippen LogP contribution in [0.2, 0.25) is 0 Å². The predicted molar refractivity (Wildman–Crippen MR) is 106 cm³/mol. The van der Waals surface area contributed by atoms with Gasteiger partial charge in [0.05, 0.1) is 36.0 Å². The third-order valence-electron chi connectivity index (χ3n) is 4.93. The molecule has 7 heteroatoms. The largest absolute Gasteiger partial charge is 0.349 e. The van der Waals surface area contributed by atoms with Crippen molar-refractivity contribution < 1.29 is 9.59 Å². The van der Waals surface area contributed by atoms with E-state index in [4.69, 9.17) is 5.26 Å². The molecule has 0 bridgehead atoms. The first-order valence-corrected chi connectivity index (χ1v) is 9.59. The number of carbonyl (C=O) groups is 2. The van der Waals surface area contributed by atoms with Crippen LogP contribution in [-0.4, -0.2) is 27.6 Å². The van der Waals surface area contributed by atoms with Crippen LogP contribution < -0.4 is 10.6 Å². The van der Waals surface area contributed by atoms with Gasteiger partial charge in [0, 0.05) is 18.2 Å². The zero-order chi connectivity index (χ0) is 20.1. The average molecular weight is 379 g/mol. The summed E-state index contributed by atoms with van der Waals surface area (Å²) in [5, 5.41) is 19.0. The highest BCUT2D eigenvalue weighted by Gasteiger charge is 2.25. The summed E-state index contributed by atoms with van der Waals surface area (Å²) >= 11 is 0. The number of aromatic nitrogens is 2. The molecule has 1 saturated carbocycles. The number of amides is 2. The van der Waals surface area contributed by atoms with Gasteiger partial charge in [0.2, 0.25) is 5.91 Å².